The molecule has 0 unspecified atom stereocenters. The average Bonchev–Trinajstić information content (AvgIpc) is 3.28. The van der Waals surface area contributed by atoms with Crippen molar-refractivity contribution in [3.8, 4) is 28.5 Å². The van der Waals surface area contributed by atoms with E-state index in [-0.39, 0.29) is 5.82 Å². The lowest BCUT2D eigenvalue weighted by atomic mass is 10.1. The van der Waals surface area contributed by atoms with Crippen LogP contribution in [0.15, 0.2) is 52.9 Å². The van der Waals surface area contributed by atoms with Crippen LogP contribution in [-0.2, 0) is 0 Å². The number of aryl methyl sites for hydroxylation is 2. The van der Waals surface area contributed by atoms with Crippen molar-refractivity contribution in [2.45, 2.75) is 20.8 Å². The third kappa shape index (κ3) is 2.77. The summed E-state index contributed by atoms with van der Waals surface area (Å²) in [7, 11) is 0. The van der Waals surface area contributed by atoms with E-state index in [9.17, 15) is 4.39 Å². The lowest BCUT2D eigenvalue weighted by Gasteiger charge is -2.05. The number of H-pyrrole nitrogens is 1. The molecule has 2 aromatic heterocycles. The van der Waals surface area contributed by atoms with Gasteiger partial charge in [0.1, 0.15) is 5.82 Å². The van der Waals surface area contributed by atoms with E-state index in [0.29, 0.717) is 29.3 Å². The van der Waals surface area contributed by atoms with E-state index >= 15 is 0 Å². The SMILES string of the molecule is CCOc1cc(F)c(C)c2cc(-c3ccc(-c4ccc(C)cc4)[nH]3)oc12. The van der Waals surface area contributed by atoms with Gasteiger partial charge in [0, 0.05) is 17.1 Å². The largest absolute Gasteiger partial charge is 0.490 e. The molecule has 0 saturated carbocycles. The molecule has 26 heavy (non-hydrogen) atoms. The highest BCUT2D eigenvalue weighted by atomic mass is 19.1. The molecule has 132 valence electrons. The van der Waals surface area contributed by atoms with E-state index in [0.717, 1.165) is 22.3 Å². The highest BCUT2D eigenvalue weighted by molar-refractivity contribution is 5.90. The van der Waals surface area contributed by atoms with Crippen molar-refractivity contribution < 1.29 is 13.5 Å². The molecule has 0 amide bonds. The van der Waals surface area contributed by atoms with Gasteiger partial charge in [-0.2, -0.15) is 0 Å². The van der Waals surface area contributed by atoms with Gasteiger partial charge in [0.2, 0.25) is 0 Å². The lowest BCUT2D eigenvalue weighted by Crippen LogP contribution is -1.94. The normalized spacial score (nSPS) is 11.2. The molecule has 0 spiro atoms. The van der Waals surface area contributed by atoms with Crippen LogP contribution in [-0.4, -0.2) is 11.6 Å². The number of fused-ring (bicyclic) bond motifs is 1. The Balaban J connectivity index is 1.79. The van der Waals surface area contributed by atoms with Crippen LogP contribution in [0.1, 0.15) is 18.1 Å². The van der Waals surface area contributed by atoms with Gasteiger partial charge in [0.15, 0.2) is 17.1 Å². The molecule has 0 aliphatic carbocycles. The Morgan fingerprint density at radius 3 is 2.46 bits per heavy atom. The van der Waals surface area contributed by atoms with E-state index in [2.05, 4.69) is 36.2 Å². The number of rotatable bonds is 4. The van der Waals surface area contributed by atoms with E-state index in [4.69, 9.17) is 9.15 Å². The molecule has 4 rings (SSSR count). The van der Waals surface area contributed by atoms with Gasteiger partial charge < -0.3 is 14.1 Å². The molecular weight excluding hydrogens is 329 g/mol. The summed E-state index contributed by atoms with van der Waals surface area (Å²) in [4.78, 5) is 3.38. The number of hydrogen-bond donors (Lipinski definition) is 1. The fourth-order valence-corrected chi connectivity index (χ4v) is 3.11. The Labute approximate surface area is 151 Å². The van der Waals surface area contributed by atoms with Gasteiger partial charge in [0.25, 0.3) is 0 Å². The second kappa shape index (κ2) is 6.37. The minimum Gasteiger partial charge on any atom is -0.490 e. The molecule has 0 aliphatic heterocycles. The summed E-state index contributed by atoms with van der Waals surface area (Å²) in [5, 5.41) is 0.731. The monoisotopic (exact) mass is 349 g/mol. The summed E-state index contributed by atoms with van der Waals surface area (Å²) < 4.78 is 25.7. The summed E-state index contributed by atoms with van der Waals surface area (Å²) in [6.07, 6.45) is 0. The topological polar surface area (TPSA) is 38.2 Å². The zero-order chi connectivity index (χ0) is 18.3. The van der Waals surface area contributed by atoms with Crippen molar-refractivity contribution in [2.75, 3.05) is 6.61 Å². The highest BCUT2D eigenvalue weighted by Gasteiger charge is 2.17. The first-order valence-electron chi connectivity index (χ1n) is 8.68. The number of aromatic amines is 1. The molecule has 0 radical (unpaired) electrons. The third-order valence-electron chi connectivity index (χ3n) is 4.59. The molecule has 1 N–H and O–H groups in total. The second-order valence-corrected chi connectivity index (χ2v) is 6.42. The number of halogens is 1. The number of nitrogens with one attached hydrogen (secondary N) is 1. The molecule has 0 saturated heterocycles. The molecule has 0 atom stereocenters. The standard InChI is InChI=1S/C22H20FNO2/c1-4-25-21-12-17(23)14(3)16-11-20(26-22(16)21)19-10-9-18(24-19)15-7-5-13(2)6-8-15/h5-12,24H,4H2,1-3H3. The van der Waals surface area contributed by atoms with Crippen LogP contribution in [0.25, 0.3) is 33.7 Å². The van der Waals surface area contributed by atoms with Crippen LogP contribution in [0.2, 0.25) is 0 Å². The van der Waals surface area contributed by atoms with Crippen LogP contribution < -0.4 is 4.74 Å². The predicted molar refractivity (Wildman–Crippen MR) is 102 cm³/mol. The van der Waals surface area contributed by atoms with E-state index < -0.39 is 0 Å². The van der Waals surface area contributed by atoms with E-state index in [1.807, 2.05) is 25.1 Å². The van der Waals surface area contributed by atoms with Crippen molar-refractivity contribution in [3.63, 3.8) is 0 Å². The minimum atomic E-state index is -0.292. The fourth-order valence-electron chi connectivity index (χ4n) is 3.11. The molecule has 0 aliphatic rings. The molecule has 0 bridgehead atoms. The maximum absolute atomic E-state index is 14.2. The van der Waals surface area contributed by atoms with Crippen molar-refractivity contribution >= 4 is 11.0 Å². The summed E-state index contributed by atoms with van der Waals surface area (Å²) in [6, 6.07) is 15.6. The average molecular weight is 349 g/mol. The summed E-state index contributed by atoms with van der Waals surface area (Å²) in [5.74, 6) is 0.801. The predicted octanol–water partition coefficient (Wildman–Crippen LogP) is 6.25. The fraction of sp³-hybridized carbons (Fsp3) is 0.182. The number of furan rings is 1. The molecule has 3 nitrogen and oxygen atoms in total. The molecule has 4 aromatic rings. The van der Waals surface area contributed by atoms with Gasteiger partial charge in [-0.3, -0.25) is 0 Å². The smallest absolute Gasteiger partial charge is 0.177 e. The van der Waals surface area contributed by atoms with Gasteiger partial charge in [-0.15, -0.1) is 0 Å². The molecular formula is C22H20FNO2. The minimum absolute atomic E-state index is 0.292. The van der Waals surface area contributed by atoms with Crippen LogP contribution in [0.3, 0.4) is 0 Å². The van der Waals surface area contributed by atoms with Crippen LogP contribution in [0, 0.1) is 19.7 Å². The first kappa shape index (κ1) is 16.5. The van der Waals surface area contributed by atoms with Crippen molar-refractivity contribution in [1.82, 2.24) is 4.98 Å². The van der Waals surface area contributed by atoms with E-state index in [1.54, 1.807) is 6.92 Å². The van der Waals surface area contributed by atoms with Crippen LogP contribution in [0.5, 0.6) is 5.75 Å². The maximum atomic E-state index is 14.2. The zero-order valence-corrected chi connectivity index (χ0v) is 15.0. The van der Waals surface area contributed by atoms with Crippen molar-refractivity contribution in [1.29, 1.82) is 0 Å². The van der Waals surface area contributed by atoms with Crippen LogP contribution in [0.4, 0.5) is 4.39 Å². The van der Waals surface area contributed by atoms with Gasteiger partial charge in [-0.25, -0.2) is 4.39 Å². The molecule has 2 aromatic carbocycles. The van der Waals surface area contributed by atoms with Crippen molar-refractivity contribution in [2.24, 2.45) is 0 Å². The van der Waals surface area contributed by atoms with Crippen molar-refractivity contribution in [3.05, 3.63) is 65.5 Å². The third-order valence-corrected chi connectivity index (χ3v) is 4.59. The Morgan fingerprint density at radius 2 is 1.73 bits per heavy atom. The first-order chi connectivity index (χ1) is 12.6. The highest BCUT2D eigenvalue weighted by Crippen LogP contribution is 2.37. The maximum Gasteiger partial charge on any atom is 0.177 e. The molecule has 0 fully saturated rings. The molecule has 4 heteroatoms. The van der Waals surface area contributed by atoms with Gasteiger partial charge in [0.05, 0.1) is 12.3 Å². The molecule has 2 heterocycles. The summed E-state index contributed by atoms with van der Waals surface area (Å²) >= 11 is 0. The quantitative estimate of drug-likeness (QED) is 0.473. The Bertz CT molecular complexity index is 1070. The number of aromatic nitrogens is 1. The first-order valence-corrected chi connectivity index (χ1v) is 8.68. The van der Waals surface area contributed by atoms with Gasteiger partial charge in [-0.05, 0) is 50.1 Å². The number of hydrogen-bond acceptors (Lipinski definition) is 2. The summed E-state index contributed by atoms with van der Waals surface area (Å²) in [5.41, 5.74) is 5.32. The van der Waals surface area contributed by atoms with Gasteiger partial charge in [-0.1, -0.05) is 29.8 Å². The second-order valence-electron chi connectivity index (χ2n) is 6.42. The Kier molecular flexibility index (Phi) is 4.03. The summed E-state index contributed by atoms with van der Waals surface area (Å²) in [6.45, 7) is 6.13. The number of ether oxygens (including phenoxy) is 1. The van der Waals surface area contributed by atoms with E-state index in [1.165, 1.54) is 11.6 Å². The van der Waals surface area contributed by atoms with Gasteiger partial charge >= 0.3 is 0 Å². The Morgan fingerprint density at radius 1 is 1.00 bits per heavy atom. The van der Waals surface area contributed by atoms with Crippen LogP contribution >= 0.6 is 0 Å². The number of benzene rings is 2. The Hall–Kier alpha value is -3.01. The zero-order valence-electron chi connectivity index (χ0n) is 15.0. The lowest BCUT2D eigenvalue weighted by molar-refractivity contribution is 0.337.